The van der Waals surface area contributed by atoms with Crippen molar-refractivity contribution in [3.63, 3.8) is 0 Å². The van der Waals surface area contributed by atoms with Gasteiger partial charge in [-0.3, -0.25) is 4.90 Å². The van der Waals surface area contributed by atoms with E-state index in [0.717, 1.165) is 19.6 Å². The molecule has 1 saturated heterocycles. The van der Waals surface area contributed by atoms with Crippen LogP contribution in [0, 0.1) is 3.57 Å². The van der Waals surface area contributed by atoms with Gasteiger partial charge in [-0.2, -0.15) is 0 Å². The number of amides is 1. The Balaban J connectivity index is 1.49. The molecule has 1 fully saturated rings. The SMILES string of the molecule is O=C(Oc1ccccc1)N1CCN(Cc2cccc(I)c2)CC1. The highest BCUT2D eigenvalue weighted by molar-refractivity contribution is 14.1. The molecule has 0 saturated carbocycles. The highest BCUT2D eigenvalue weighted by Crippen LogP contribution is 2.14. The molecular weight excluding hydrogens is 403 g/mol. The van der Waals surface area contributed by atoms with Crippen molar-refractivity contribution in [3.8, 4) is 5.75 Å². The Morgan fingerprint density at radius 1 is 1.00 bits per heavy atom. The number of para-hydroxylation sites is 1. The van der Waals surface area contributed by atoms with Crippen LogP contribution >= 0.6 is 22.6 Å². The first-order chi connectivity index (χ1) is 11.2. The molecule has 0 aromatic heterocycles. The lowest BCUT2D eigenvalue weighted by atomic mass is 10.2. The van der Waals surface area contributed by atoms with Crippen LogP contribution in [0.5, 0.6) is 5.75 Å². The molecule has 23 heavy (non-hydrogen) atoms. The number of piperazine rings is 1. The van der Waals surface area contributed by atoms with Crippen molar-refractivity contribution >= 4 is 28.7 Å². The summed E-state index contributed by atoms with van der Waals surface area (Å²) < 4.78 is 6.65. The molecule has 0 N–H and O–H groups in total. The Morgan fingerprint density at radius 3 is 2.43 bits per heavy atom. The third kappa shape index (κ3) is 4.68. The van der Waals surface area contributed by atoms with Crippen LogP contribution < -0.4 is 4.74 Å². The fourth-order valence-corrected chi connectivity index (χ4v) is 3.24. The molecular formula is C18H19IN2O2. The van der Waals surface area contributed by atoms with E-state index in [9.17, 15) is 4.79 Å². The molecule has 3 rings (SSSR count). The molecule has 0 spiro atoms. The predicted molar refractivity (Wildman–Crippen MR) is 98.5 cm³/mol. The van der Waals surface area contributed by atoms with Crippen molar-refractivity contribution in [1.82, 2.24) is 9.80 Å². The molecule has 5 heteroatoms. The second-order valence-electron chi connectivity index (χ2n) is 5.57. The standard InChI is InChI=1S/C18H19IN2O2/c19-16-6-4-5-15(13-16)14-20-9-11-21(12-10-20)18(22)23-17-7-2-1-3-8-17/h1-8,13H,9-12,14H2. The summed E-state index contributed by atoms with van der Waals surface area (Å²) >= 11 is 2.33. The van der Waals surface area contributed by atoms with Crippen molar-refractivity contribution in [1.29, 1.82) is 0 Å². The summed E-state index contributed by atoms with van der Waals surface area (Å²) in [5, 5.41) is 0. The summed E-state index contributed by atoms with van der Waals surface area (Å²) in [4.78, 5) is 16.3. The van der Waals surface area contributed by atoms with Crippen LogP contribution in [-0.4, -0.2) is 42.1 Å². The Morgan fingerprint density at radius 2 is 1.74 bits per heavy atom. The quantitative estimate of drug-likeness (QED) is 0.709. The van der Waals surface area contributed by atoms with E-state index in [-0.39, 0.29) is 6.09 Å². The zero-order valence-electron chi connectivity index (χ0n) is 12.8. The molecule has 4 nitrogen and oxygen atoms in total. The Bertz CT molecular complexity index is 655. The molecule has 2 aromatic carbocycles. The van der Waals surface area contributed by atoms with Crippen molar-refractivity contribution in [2.45, 2.75) is 6.54 Å². The van der Waals surface area contributed by atoms with Crippen LogP contribution in [-0.2, 0) is 6.54 Å². The average molecular weight is 422 g/mol. The predicted octanol–water partition coefficient (Wildman–Crippen LogP) is 3.61. The van der Waals surface area contributed by atoms with Gasteiger partial charge in [0.05, 0.1) is 0 Å². The van der Waals surface area contributed by atoms with E-state index in [1.807, 2.05) is 18.2 Å². The van der Waals surface area contributed by atoms with E-state index in [2.05, 4.69) is 51.8 Å². The van der Waals surface area contributed by atoms with Gasteiger partial charge in [0.25, 0.3) is 0 Å². The molecule has 1 amide bonds. The van der Waals surface area contributed by atoms with E-state index < -0.39 is 0 Å². The highest BCUT2D eigenvalue weighted by atomic mass is 127. The van der Waals surface area contributed by atoms with Gasteiger partial charge in [-0.25, -0.2) is 4.79 Å². The van der Waals surface area contributed by atoms with Gasteiger partial charge >= 0.3 is 6.09 Å². The molecule has 0 bridgehead atoms. The van der Waals surface area contributed by atoms with E-state index in [1.165, 1.54) is 9.13 Å². The molecule has 0 atom stereocenters. The summed E-state index contributed by atoms with van der Waals surface area (Å²) in [5.74, 6) is 0.596. The van der Waals surface area contributed by atoms with Crippen molar-refractivity contribution < 1.29 is 9.53 Å². The smallest absolute Gasteiger partial charge is 0.410 e. The van der Waals surface area contributed by atoms with Crippen molar-refractivity contribution in [2.75, 3.05) is 26.2 Å². The van der Waals surface area contributed by atoms with Crippen LogP contribution in [0.3, 0.4) is 0 Å². The lowest BCUT2D eigenvalue weighted by Crippen LogP contribution is -2.49. The average Bonchev–Trinajstić information content (AvgIpc) is 2.56. The van der Waals surface area contributed by atoms with E-state index in [0.29, 0.717) is 18.8 Å². The fraction of sp³-hybridized carbons (Fsp3) is 0.278. The Kier molecular flexibility index (Phi) is 5.51. The molecule has 0 unspecified atom stereocenters. The summed E-state index contributed by atoms with van der Waals surface area (Å²) in [5.41, 5.74) is 1.32. The number of hydrogen-bond donors (Lipinski definition) is 0. The number of halogens is 1. The minimum Gasteiger partial charge on any atom is -0.410 e. The number of rotatable bonds is 3. The van der Waals surface area contributed by atoms with Crippen LogP contribution in [0.1, 0.15) is 5.56 Å². The van der Waals surface area contributed by atoms with Gasteiger partial charge in [-0.15, -0.1) is 0 Å². The summed E-state index contributed by atoms with van der Waals surface area (Å²) in [6, 6.07) is 17.8. The van der Waals surface area contributed by atoms with Gasteiger partial charge in [0.2, 0.25) is 0 Å². The zero-order valence-corrected chi connectivity index (χ0v) is 15.0. The molecule has 2 aromatic rings. The lowest BCUT2D eigenvalue weighted by Gasteiger charge is -2.34. The first kappa shape index (κ1) is 16.3. The lowest BCUT2D eigenvalue weighted by molar-refractivity contribution is 0.108. The largest absolute Gasteiger partial charge is 0.415 e. The minimum atomic E-state index is -0.259. The number of carbonyl (C=O) groups excluding carboxylic acids is 1. The highest BCUT2D eigenvalue weighted by Gasteiger charge is 2.22. The first-order valence-corrected chi connectivity index (χ1v) is 8.77. The van der Waals surface area contributed by atoms with Gasteiger partial charge in [-0.05, 0) is 52.4 Å². The third-order valence-corrected chi connectivity index (χ3v) is 4.55. The maximum absolute atomic E-state index is 12.2. The monoisotopic (exact) mass is 422 g/mol. The van der Waals surface area contributed by atoms with Gasteiger partial charge in [0.15, 0.2) is 0 Å². The van der Waals surface area contributed by atoms with Gasteiger partial charge < -0.3 is 9.64 Å². The van der Waals surface area contributed by atoms with Crippen LogP contribution in [0.25, 0.3) is 0 Å². The summed E-state index contributed by atoms with van der Waals surface area (Å²) in [7, 11) is 0. The maximum Gasteiger partial charge on any atom is 0.415 e. The van der Waals surface area contributed by atoms with E-state index >= 15 is 0 Å². The number of carbonyl (C=O) groups is 1. The molecule has 0 radical (unpaired) electrons. The molecule has 1 aliphatic rings. The molecule has 1 heterocycles. The Hall–Kier alpha value is -1.60. The topological polar surface area (TPSA) is 32.8 Å². The third-order valence-electron chi connectivity index (χ3n) is 3.87. The Labute approximate surface area is 150 Å². The second kappa shape index (κ2) is 7.79. The zero-order chi connectivity index (χ0) is 16.1. The molecule has 0 aliphatic carbocycles. The fourth-order valence-electron chi connectivity index (χ4n) is 2.64. The number of nitrogens with zero attached hydrogens (tertiary/aromatic N) is 2. The summed E-state index contributed by atoms with van der Waals surface area (Å²) in [6.45, 7) is 4.08. The molecule has 120 valence electrons. The first-order valence-electron chi connectivity index (χ1n) is 7.69. The second-order valence-corrected chi connectivity index (χ2v) is 6.82. The maximum atomic E-state index is 12.2. The normalized spacial score (nSPS) is 15.4. The van der Waals surface area contributed by atoms with Gasteiger partial charge in [-0.1, -0.05) is 30.3 Å². The van der Waals surface area contributed by atoms with Crippen LogP contribution in [0.15, 0.2) is 54.6 Å². The molecule has 1 aliphatic heterocycles. The minimum absolute atomic E-state index is 0.259. The van der Waals surface area contributed by atoms with Gasteiger partial charge in [0.1, 0.15) is 5.75 Å². The van der Waals surface area contributed by atoms with E-state index in [1.54, 1.807) is 17.0 Å². The number of benzene rings is 2. The van der Waals surface area contributed by atoms with Crippen molar-refractivity contribution in [3.05, 3.63) is 63.7 Å². The van der Waals surface area contributed by atoms with Crippen molar-refractivity contribution in [2.24, 2.45) is 0 Å². The summed E-state index contributed by atoms with van der Waals surface area (Å²) in [6.07, 6.45) is -0.259. The van der Waals surface area contributed by atoms with E-state index in [4.69, 9.17) is 4.74 Å². The number of hydrogen-bond acceptors (Lipinski definition) is 3. The van der Waals surface area contributed by atoms with Crippen LogP contribution in [0.4, 0.5) is 4.79 Å². The van der Waals surface area contributed by atoms with Crippen LogP contribution in [0.2, 0.25) is 0 Å². The number of ether oxygens (including phenoxy) is 1. The van der Waals surface area contributed by atoms with Gasteiger partial charge in [0, 0.05) is 36.3 Å².